The summed E-state index contributed by atoms with van der Waals surface area (Å²) in [6.45, 7) is 3.54. The van der Waals surface area contributed by atoms with Gasteiger partial charge in [-0.1, -0.05) is 45.4 Å². The zero-order chi connectivity index (χ0) is 22.3. The van der Waals surface area contributed by atoms with E-state index in [-0.39, 0.29) is 11.8 Å². The van der Waals surface area contributed by atoms with E-state index in [0.29, 0.717) is 24.8 Å². The van der Waals surface area contributed by atoms with Crippen LogP contribution in [0.5, 0.6) is 5.75 Å². The Morgan fingerprint density at radius 3 is 2.56 bits per heavy atom. The van der Waals surface area contributed by atoms with E-state index in [4.69, 9.17) is 4.74 Å². The van der Waals surface area contributed by atoms with Crippen LogP contribution in [0, 0.1) is 0 Å². The van der Waals surface area contributed by atoms with Crippen molar-refractivity contribution in [1.82, 2.24) is 4.90 Å². The summed E-state index contributed by atoms with van der Waals surface area (Å²) < 4.78 is 5.76. The van der Waals surface area contributed by atoms with E-state index in [1.165, 1.54) is 38.5 Å². The number of hydrogen-bond donors (Lipinski definition) is 1. The average Bonchev–Trinajstić information content (AvgIpc) is 3.15. The molecule has 5 nitrogen and oxygen atoms in total. The lowest BCUT2D eigenvalue weighted by atomic mass is 9.94. The molecule has 32 heavy (non-hydrogen) atoms. The van der Waals surface area contributed by atoms with Crippen molar-refractivity contribution in [3.8, 4) is 5.75 Å². The van der Waals surface area contributed by atoms with E-state index in [2.05, 4.69) is 12.2 Å². The van der Waals surface area contributed by atoms with Crippen molar-refractivity contribution in [3.05, 3.63) is 59.2 Å². The monoisotopic (exact) mass is 434 g/mol. The summed E-state index contributed by atoms with van der Waals surface area (Å²) >= 11 is 0. The summed E-state index contributed by atoms with van der Waals surface area (Å²) in [4.78, 5) is 27.6. The molecule has 0 spiro atoms. The first kappa shape index (κ1) is 22.4. The van der Waals surface area contributed by atoms with Crippen molar-refractivity contribution >= 4 is 17.5 Å². The smallest absolute Gasteiger partial charge is 0.255 e. The quantitative estimate of drug-likeness (QED) is 0.479. The SMILES string of the molecule is CCCCCCOc1ccc(C(=O)Nc2ccc3c(c2)CN(C2CCCCC2)C3=O)cc1. The van der Waals surface area contributed by atoms with Crippen LogP contribution in [-0.4, -0.2) is 29.4 Å². The molecule has 0 bridgehead atoms. The number of unbranched alkanes of at least 4 members (excludes halogenated alkanes) is 3. The first-order valence-corrected chi connectivity index (χ1v) is 12.1. The number of benzene rings is 2. The number of carbonyl (C=O) groups is 2. The number of nitrogens with zero attached hydrogens (tertiary/aromatic N) is 1. The maximum absolute atomic E-state index is 12.8. The second-order valence-corrected chi connectivity index (χ2v) is 8.98. The summed E-state index contributed by atoms with van der Waals surface area (Å²) in [6.07, 6.45) is 10.6. The fourth-order valence-electron chi connectivity index (χ4n) is 4.73. The highest BCUT2D eigenvalue weighted by molar-refractivity contribution is 6.05. The Labute approximate surface area is 191 Å². The molecular weight excluding hydrogens is 400 g/mol. The van der Waals surface area contributed by atoms with Gasteiger partial charge in [0.1, 0.15) is 5.75 Å². The lowest BCUT2D eigenvalue weighted by Gasteiger charge is -2.30. The van der Waals surface area contributed by atoms with Crippen LogP contribution < -0.4 is 10.1 Å². The van der Waals surface area contributed by atoms with Gasteiger partial charge in [-0.25, -0.2) is 0 Å². The van der Waals surface area contributed by atoms with Gasteiger partial charge in [-0.15, -0.1) is 0 Å². The van der Waals surface area contributed by atoms with E-state index < -0.39 is 0 Å². The van der Waals surface area contributed by atoms with Gasteiger partial charge in [-0.05, 0) is 67.3 Å². The fourth-order valence-corrected chi connectivity index (χ4v) is 4.73. The molecule has 1 N–H and O–H groups in total. The Balaban J connectivity index is 1.33. The number of ether oxygens (including phenoxy) is 1. The minimum absolute atomic E-state index is 0.134. The van der Waals surface area contributed by atoms with Gasteiger partial charge in [-0.2, -0.15) is 0 Å². The molecule has 1 aliphatic heterocycles. The topological polar surface area (TPSA) is 58.6 Å². The van der Waals surface area contributed by atoms with E-state index in [9.17, 15) is 9.59 Å². The van der Waals surface area contributed by atoms with Gasteiger partial charge in [0.2, 0.25) is 0 Å². The van der Waals surface area contributed by atoms with Crippen LogP contribution in [0.3, 0.4) is 0 Å². The van der Waals surface area contributed by atoms with Crippen molar-refractivity contribution in [1.29, 1.82) is 0 Å². The molecule has 5 heteroatoms. The Bertz CT molecular complexity index is 932. The highest BCUT2D eigenvalue weighted by Gasteiger charge is 2.33. The number of amides is 2. The summed E-state index contributed by atoms with van der Waals surface area (Å²) in [7, 11) is 0. The fraction of sp³-hybridized carbons (Fsp3) is 0.481. The van der Waals surface area contributed by atoms with Crippen molar-refractivity contribution in [3.63, 3.8) is 0 Å². The van der Waals surface area contributed by atoms with E-state index in [1.807, 2.05) is 35.2 Å². The third kappa shape index (κ3) is 5.32. The third-order valence-electron chi connectivity index (χ3n) is 6.59. The van der Waals surface area contributed by atoms with Crippen LogP contribution in [0.4, 0.5) is 5.69 Å². The van der Waals surface area contributed by atoms with Gasteiger partial charge >= 0.3 is 0 Å². The van der Waals surface area contributed by atoms with Gasteiger partial charge in [0.15, 0.2) is 0 Å². The molecule has 4 rings (SSSR count). The summed E-state index contributed by atoms with van der Waals surface area (Å²) in [5, 5.41) is 2.97. The molecule has 2 amide bonds. The highest BCUT2D eigenvalue weighted by Crippen LogP contribution is 2.32. The molecule has 0 saturated heterocycles. The lowest BCUT2D eigenvalue weighted by Crippen LogP contribution is -2.36. The van der Waals surface area contributed by atoms with E-state index in [0.717, 1.165) is 41.8 Å². The van der Waals surface area contributed by atoms with Crippen molar-refractivity contribution in [2.75, 3.05) is 11.9 Å². The van der Waals surface area contributed by atoms with Crippen LogP contribution >= 0.6 is 0 Å². The molecule has 0 aromatic heterocycles. The van der Waals surface area contributed by atoms with Gasteiger partial charge in [0, 0.05) is 29.4 Å². The third-order valence-corrected chi connectivity index (χ3v) is 6.59. The molecule has 1 aliphatic carbocycles. The van der Waals surface area contributed by atoms with Crippen molar-refractivity contribution in [2.45, 2.75) is 77.3 Å². The maximum atomic E-state index is 12.8. The molecule has 170 valence electrons. The van der Waals surface area contributed by atoms with Crippen LogP contribution in [0.1, 0.15) is 91.0 Å². The zero-order valence-corrected chi connectivity index (χ0v) is 19.1. The lowest BCUT2D eigenvalue weighted by molar-refractivity contribution is 0.0660. The number of carbonyl (C=O) groups excluding carboxylic acids is 2. The first-order valence-electron chi connectivity index (χ1n) is 12.1. The molecule has 0 atom stereocenters. The van der Waals surface area contributed by atoms with Crippen LogP contribution in [0.15, 0.2) is 42.5 Å². The summed E-state index contributed by atoms with van der Waals surface area (Å²) in [5.41, 5.74) is 3.09. The van der Waals surface area contributed by atoms with Crippen LogP contribution in [-0.2, 0) is 6.54 Å². The van der Waals surface area contributed by atoms with E-state index in [1.54, 1.807) is 12.1 Å². The summed E-state index contributed by atoms with van der Waals surface area (Å²) in [6, 6.07) is 13.3. The molecule has 0 radical (unpaired) electrons. The normalized spacial score (nSPS) is 16.2. The van der Waals surface area contributed by atoms with Gasteiger partial charge < -0.3 is 15.0 Å². The molecule has 0 unspecified atom stereocenters. The number of fused-ring (bicyclic) bond motifs is 1. The Morgan fingerprint density at radius 1 is 1.03 bits per heavy atom. The molecule has 2 aromatic rings. The number of hydrogen-bond acceptors (Lipinski definition) is 3. The second kappa shape index (κ2) is 10.7. The minimum atomic E-state index is -0.159. The molecule has 1 saturated carbocycles. The Morgan fingerprint density at radius 2 is 1.81 bits per heavy atom. The predicted molar refractivity (Wildman–Crippen MR) is 127 cm³/mol. The predicted octanol–water partition coefficient (Wildman–Crippen LogP) is 6.19. The van der Waals surface area contributed by atoms with Crippen LogP contribution in [0.25, 0.3) is 0 Å². The zero-order valence-electron chi connectivity index (χ0n) is 19.1. The van der Waals surface area contributed by atoms with Gasteiger partial charge in [0.25, 0.3) is 11.8 Å². The van der Waals surface area contributed by atoms with Gasteiger partial charge in [0.05, 0.1) is 6.61 Å². The molecule has 1 fully saturated rings. The van der Waals surface area contributed by atoms with Crippen molar-refractivity contribution < 1.29 is 14.3 Å². The molecule has 1 heterocycles. The molecule has 2 aliphatic rings. The summed E-state index contributed by atoms with van der Waals surface area (Å²) in [5.74, 6) is 0.764. The Hall–Kier alpha value is -2.82. The van der Waals surface area contributed by atoms with Gasteiger partial charge in [-0.3, -0.25) is 9.59 Å². The van der Waals surface area contributed by atoms with Crippen LogP contribution in [0.2, 0.25) is 0 Å². The van der Waals surface area contributed by atoms with Crippen molar-refractivity contribution in [2.24, 2.45) is 0 Å². The second-order valence-electron chi connectivity index (χ2n) is 8.98. The standard InChI is InChI=1S/C27H34N2O3/c1-2-3-4-8-17-32-24-14-11-20(12-15-24)26(30)28-22-13-16-25-21(18-22)19-29(27(25)31)23-9-6-5-7-10-23/h11-16,18,23H,2-10,17,19H2,1H3,(H,28,30). The largest absolute Gasteiger partial charge is 0.494 e. The number of nitrogens with one attached hydrogen (secondary N) is 1. The molecule has 2 aromatic carbocycles. The number of anilines is 1. The molecular formula is C27H34N2O3. The maximum Gasteiger partial charge on any atom is 0.255 e. The number of rotatable bonds is 9. The first-order chi connectivity index (χ1) is 15.7. The van der Waals surface area contributed by atoms with E-state index >= 15 is 0 Å². The Kier molecular flexibility index (Phi) is 7.46. The average molecular weight is 435 g/mol. The minimum Gasteiger partial charge on any atom is -0.494 e. The highest BCUT2D eigenvalue weighted by atomic mass is 16.5.